The number of hydrogen-bond acceptors (Lipinski definition) is 23. The molecular weight excluding hydrogens is 1300 g/mol. The van der Waals surface area contributed by atoms with Gasteiger partial charge in [0.05, 0.1) is 59.1 Å². The van der Waals surface area contributed by atoms with Crippen LogP contribution in [0, 0.1) is 24.7 Å². The fourth-order valence-electron chi connectivity index (χ4n) is 11.2. The van der Waals surface area contributed by atoms with E-state index in [2.05, 4.69) is 21.3 Å². The van der Waals surface area contributed by atoms with Gasteiger partial charge < -0.3 is 41.0 Å². The van der Waals surface area contributed by atoms with Gasteiger partial charge in [0.2, 0.25) is 11.8 Å². The van der Waals surface area contributed by atoms with E-state index in [0.29, 0.717) is 93.8 Å². The molecule has 0 saturated heterocycles. The summed E-state index contributed by atoms with van der Waals surface area (Å²) in [6.07, 6.45) is 0.289. The number of aliphatic carboxylic acids is 2. The molecule has 92 heavy (non-hydrogen) atoms. The van der Waals surface area contributed by atoms with Gasteiger partial charge in [-0.3, -0.25) is 38.5 Å². The second-order valence-electron chi connectivity index (χ2n) is 23.0. The first-order valence-corrected chi connectivity index (χ1v) is 34.8. The van der Waals surface area contributed by atoms with Gasteiger partial charge in [-0.25, -0.2) is 39.7 Å². The second-order valence-corrected chi connectivity index (χ2v) is 28.8. The number of carboxylic acids is 2. The molecule has 8 heterocycles. The van der Waals surface area contributed by atoms with Gasteiger partial charge in [0.15, 0.2) is 5.78 Å². The SMILES string of the molecule is CNC(=O)C[C@@H]1NC(=O)c2csc(n2)-c2ccc(-c3nc(N(C(=O)OC4CCC(C(=O)O)CC4)C4CC(C(=O)O)C4)cs3)nc2-c2csc(n2)-c2csc(n2)[C@H]([C@@H](C)c2ccccc2)NC(=O)CNC(=O)c2nc(sc2COC)C(C(C)C)CC(=O)c2nc1sc2C. The Balaban J connectivity index is 0.974. The van der Waals surface area contributed by atoms with Crippen LogP contribution in [0.4, 0.5) is 10.6 Å². The number of carbonyl (C=O) groups excluding carboxylic acids is 6. The number of ketones is 1. The molecule has 3 aliphatic rings. The number of aryl methyl sites for hydroxylation is 1. The lowest BCUT2D eigenvalue weighted by Crippen LogP contribution is -2.51. The van der Waals surface area contributed by atoms with Crippen LogP contribution < -0.4 is 26.2 Å². The normalized spacial score (nSPS) is 20.8. The first-order valence-electron chi connectivity index (χ1n) is 29.7. The molecule has 4 atom stereocenters. The summed E-state index contributed by atoms with van der Waals surface area (Å²) >= 11 is 7.43. The number of carbonyl (C=O) groups is 8. The van der Waals surface area contributed by atoms with E-state index in [1.54, 1.807) is 29.8 Å². The van der Waals surface area contributed by atoms with Gasteiger partial charge in [-0.2, -0.15) is 0 Å². The Hall–Kier alpha value is -8.13. The maximum absolute atomic E-state index is 14.5. The van der Waals surface area contributed by atoms with Crippen LogP contribution in [0.3, 0.4) is 0 Å². The van der Waals surface area contributed by atoms with Crippen molar-refractivity contribution < 1.29 is 58.0 Å². The van der Waals surface area contributed by atoms with Crippen LogP contribution in [0.15, 0.2) is 64.0 Å². The predicted molar refractivity (Wildman–Crippen MR) is 348 cm³/mol. The molecule has 11 rings (SSSR count). The van der Waals surface area contributed by atoms with Crippen LogP contribution in [0.5, 0.6) is 0 Å². The summed E-state index contributed by atoms with van der Waals surface area (Å²) in [7, 11) is 2.98. The van der Waals surface area contributed by atoms with Gasteiger partial charge >= 0.3 is 18.0 Å². The number of rotatable bonds is 13. The molecule has 5 amide bonds. The molecule has 2 fully saturated rings. The van der Waals surface area contributed by atoms with Gasteiger partial charge in [-0.1, -0.05) is 51.1 Å². The number of benzene rings is 1. The van der Waals surface area contributed by atoms with Crippen molar-refractivity contribution in [1.29, 1.82) is 0 Å². The van der Waals surface area contributed by atoms with E-state index in [4.69, 9.17) is 44.4 Å². The zero-order valence-electron chi connectivity index (χ0n) is 50.6. The molecule has 6 N–H and O–H groups in total. The van der Waals surface area contributed by atoms with Gasteiger partial charge in [0.1, 0.15) is 71.1 Å². The van der Waals surface area contributed by atoms with E-state index in [1.807, 2.05) is 61.9 Å². The summed E-state index contributed by atoms with van der Waals surface area (Å²) < 4.78 is 11.5. The van der Waals surface area contributed by atoms with Crippen molar-refractivity contribution in [2.75, 3.05) is 25.6 Å². The molecule has 0 spiro atoms. The first kappa shape index (κ1) is 65.4. The van der Waals surface area contributed by atoms with Crippen molar-refractivity contribution in [1.82, 2.24) is 56.2 Å². The molecule has 8 aromatic rings. The summed E-state index contributed by atoms with van der Waals surface area (Å²) in [5.74, 6) is -6.14. The third-order valence-corrected chi connectivity index (χ3v) is 22.3. The number of hydrogen-bond donors (Lipinski definition) is 6. The van der Waals surface area contributed by atoms with Crippen LogP contribution in [0.2, 0.25) is 0 Å². The van der Waals surface area contributed by atoms with E-state index >= 15 is 0 Å². The number of nitrogens with zero attached hydrogens (tertiary/aromatic N) is 8. The lowest BCUT2D eigenvalue weighted by Gasteiger charge is -2.40. The zero-order chi connectivity index (χ0) is 65.1. The molecule has 24 nitrogen and oxygen atoms in total. The number of pyridine rings is 1. The van der Waals surface area contributed by atoms with Gasteiger partial charge in [0, 0.05) is 70.4 Å². The van der Waals surface area contributed by atoms with E-state index in [9.17, 15) is 48.6 Å². The molecule has 0 radical (unpaired) electrons. The van der Waals surface area contributed by atoms with E-state index < -0.39 is 90.2 Å². The number of carboxylic acid groups (broad SMARTS) is 2. The summed E-state index contributed by atoms with van der Waals surface area (Å²) in [5, 5.41) is 40.5. The molecule has 1 aliphatic heterocycles. The van der Waals surface area contributed by atoms with Crippen LogP contribution >= 0.6 is 68.0 Å². The predicted octanol–water partition coefficient (Wildman–Crippen LogP) is 10.7. The fraction of sp³-hybridized carbons (Fsp3) is 0.403. The molecule has 2 aliphatic carbocycles. The Morgan fingerprint density at radius 1 is 0.696 bits per heavy atom. The van der Waals surface area contributed by atoms with Crippen LogP contribution in [-0.2, 0) is 35.3 Å². The number of aromatic nitrogens is 7. The molecular formula is C62H64N12O12S6. The second kappa shape index (κ2) is 28.4. The molecule has 7 aromatic heterocycles. The van der Waals surface area contributed by atoms with Crippen molar-refractivity contribution in [3.05, 3.63) is 111 Å². The fourth-order valence-corrected chi connectivity index (χ4v) is 16.9. The molecule has 480 valence electrons. The topological polar surface area (TPSA) is 337 Å². The van der Waals surface area contributed by atoms with Crippen LogP contribution in [-0.4, -0.2) is 125 Å². The highest BCUT2D eigenvalue weighted by molar-refractivity contribution is 7.15. The average Bonchev–Trinajstić information content (AvgIpc) is 1.67. The monoisotopic (exact) mass is 1360 g/mol. The minimum Gasteiger partial charge on any atom is -0.481 e. The summed E-state index contributed by atoms with van der Waals surface area (Å²) in [6.45, 7) is 7.28. The summed E-state index contributed by atoms with van der Waals surface area (Å²) in [6, 6.07) is 11.0. The van der Waals surface area contributed by atoms with E-state index in [1.165, 1.54) is 87.1 Å². The molecule has 2 saturated carbocycles. The molecule has 30 heteroatoms. The number of fused-ring (bicyclic) bond motifs is 14. The first-order chi connectivity index (χ1) is 44.2. The maximum Gasteiger partial charge on any atom is 0.416 e. The van der Waals surface area contributed by atoms with E-state index in [0.717, 1.165) is 5.56 Å². The number of thiazole rings is 6. The third kappa shape index (κ3) is 14.4. The standard InChI is InChI=1S/C62H64N12O12S6/c1-28(2)37-20-43(75)49-30(4)91-58(72-49)39(21-46(76)63-5)66-52(78)41-25-87-54(68-41)36-16-17-38(56-70-45(27-90-56)74(34-18-33(19-34)61(82)83)62(84)86-35-14-12-32(13-15-35)60(80)81)65-50(36)40-24-88-57(67-40)42-26-89-59(69-42)48(29(3)31-10-8-7-9-11-31)71-47(77)22-64-53(79)51-44(23-85-6)92-55(37)73-51/h7-11,16-17,24-29,32-35,37,39,48H,12-15,18-23H2,1-6H3,(H,63,76)(H,64,79)(H,66,78)(H,71,77)(H,80,81)(H,82,83)/t29-,32?,33?,34?,35?,37?,39-,48-/m0/s1. The quantitative estimate of drug-likeness (QED) is 0.0624. The minimum absolute atomic E-state index is 0.0209. The van der Waals surface area contributed by atoms with Crippen molar-refractivity contribution in [2.45, 2.75) is 122 Å². The number of amides is 5. The highest BCUT2D eigenvalue weighted by atomic mass is 32.1. The Bertz CT molecular complexity index is 4090. The summed E-state index contributed by atoms with van der Waals surface area (Å²) in [5.41, 5.74) is 3.32. The number of nitrogens with one attached hydrogen (secondary N) is 4. The Morgan fingerprint density at radius 2 is 1.38 bits per heavy atom. The lowest BCUT2D eigenvalue weighted by molar-refractivity contribution is -0.145. The largest absolute Gasteiger partial charge is 0.481 e. The van der Waals surface area contributed by atoms with Gasteiger partial charge in [-0.05, 0) is 69.1 Å². The number of methoxy groups -OCH3 is 1. The molecule has 1 aromatic carbocycles. The molecule has 10 bridgehead atoms. The summed E-state index contributed by atoms with van der Waals surface area (Å²) in [4.78, 5) is 145. The smallest absolute Gasteiger partial charge is 0.416 e. The Kier molecular flexibility index (Phi) is 20.2. The van der Waals surface area contributed by atoms with Crippen molar-refractivity contribution in [3.8, 4) is 43.4 Å². The van der Waals surface area contributed by atoms with Gasteiger partial charge in [-0.15, -0.1) is 68.0 Å². The number of ether oxygens (including phenoxy) is 2. The Labute approximate surface area is 551 Å². The lowest BCUT2D eigenvalue weighted by atomic mass is 9.79. The van der Waals surface area contributed by atoms with Crippen LogP contribution in [0.1, 0.15) is 158 Å². The third-order valence-electron chi connectivity index (χ3n) is 16.5. The number of Topliss-reactive ketones (excluding diaryl/α,β-unsaturated/α-hetero) is 1. The van der Waals surface area contributed by atoms with E-state index in [-0.39, 0.29) is 72.8 Å². The molecule has 1 unspecified atom stereocenters. The highest BCUT2D eigenvalue weighted by Crippen LogP contribution is 2.43. The van der Waals surface area contributed by atoms with Crippen molar-refractivity contribution >= 4 is 121 Å². The van der Waals surface area contributed by atoms with Crippen LogP contribution in [0.25, 0.3) is 43.4 Å². The van der Waals surface area contributed by atoms with Crippen molar-refractivity contribution in [3.63, 3.8) is 0 Å². The maximum atomic E-state index is 14.5. The van der Waals surface area contributed by atoms with Crippen molar-refractivity contribution in [2.24, 2.45) is 17.8 Å². The minimum atomic E-state index is -0.982. The Morgan fingerprint density at radius 3 is 2.10 bits per heavy atom. The average molecular weight is 1360 g/mol. The van der Waals surface area contributed by atoms with Gasteiger partial charge in [0.25, 0.3) is 11.8 Å². The number of anilines is 1. The highest BCUT2D eigenvalue weighted by Gasteiger charge is 2.43. The zero-order valence-corrected chi connectivity index (χ0v) is 55.5.